The molecule has 1 heterocycles. The highest BCUT2D eigenvalue weighted by Crippen LogP contribution is 2.33. The van der Waals surface area contributed by atoms with Crippen LogP contribution in [0.15, 0.2) is 57.0 Å². The fourth-order valence-electron chi connectivity index (χ4n) is 1.96. The van der Waals surface area contributed by atoms with E-state index in [9.17, 15) is 4.79 Å². The molecule has 4 nitrogen and oxygen atoms in total. The Morgan fingerprint density at radius 1 is 1.29 bits per heavy atom. The Balaban J connectivity index is 2.03. The van der Waals surface area contributed by atoms with Crippen LogP contribution in [-0.2, 0) is 0 Å². The lowest BCUT2D eigenvalue weighted by molar-refractivity contribution is 0.101. The summed E-state index contributed by atoms with van der Waals surface area (Å²) in [7, 11) is 0. The molecule has 102 valence electrons. The number of carbonyl (C=O) groups excluding carboxylic acids is 1. The maximum atomic E-state index is 11.7. The molecule has 0 fully saturated rings. The zero-order chi connectivity index (χ0) is 14.8. The number of ketones is 1. The highest BCUT2D eigenvalue weighted by atomic mass is 32.2. The zero-order valence-corrected chi connectivity index (χ0v) is 12.0. The second-order valence-corrected chi connectivity index (χ2v) is 5.42. The molecule has 0 atom stereocenters. The predicted octanol–water partition coefficient (Wildman–Crippen LogP) is 4.05. The van der Waals surface area contributed by atoms with Gasteiger partial charge < -0.3 is 4.42 Å². The molecular weight excluding hydrogens is 284 g/mol. The molecule has 3 aromatic rings. The lowest BCUT2D eigenvalue weighted by Gasteiger charge is -2.04. The van der Waals surface area contributed by atoms with Gasteiger partial charge in [0.25, 0.3) is 5.22 Å². The van der Waals surface area contributed by atoms with Gasteiger partial charge in [-0.1, -0.05) is 12.1 Å². The van der Waals surface area contributed by atoms with Gasteiger partial charge in [0.1, 0.15) is 5.52 Å². The fourth-order valence-corrected chi connectivity index (χ4v) is 2.93. The number of rotatable bonds is 3. The predicted molar refractivity (Wildman–Crippen MR) is 79.3 cm³/mol. The van der Waals surface area contributed by atoms with Gasteiger partial charge in [0.15, 0.2) is 11.4 Å². The number of benzene rings is 2. The van der Waals surface area contributed by atoms with E-state index in [1.54, 1.807) is 18.2 Å². The van der Waals surface area contributed by atoms with E-state index in [1.165, 1.54) is 18.7 Å². The number of para-hydroxylation sites is 2. The Morgan fingerprint density at radius 2 is 2.10 bits per heavy atom. The number of carbonyl (C=O) groups is 1. The van der Waals surface area contributed by atoms with E-state index in [4.69, 9.17) is 9.68 Å². The first-order valence-corrected chi connectivity index (χ1v) is 7.07. The molecule has 0 radical (unpaired) electrons. The van der Waals surface area contributed by atoms with Crippen LogP contribution in [0.1, 0.15) is 22.8 Å². The third kappa shape index (κ3) is 2.67. The van der Waals surface area contributed by atoms with Crippen LogP contribution in [0.5, 0.6) is 0 Å². The van der Waals surface area contributed by atoms with E-state index in [0.717, 1.165) is 5.52 Å². The number of oxazole rings is 1. The number of aromatic nitrogens is 1. The SMILES string of the molecule is CC(=O)c1ccc(C#N)cc1Sc1nc2ccccc2o1. The van der Waals surface area contributed by atoms with Crippen LogP contribution < -0.4 is 0 Å². The Bertz CT molecular complexity index is 844. The van der Waals surface area contributed by atoms with Crippen molar-refractivity contribution in [1.82, 2.24) is 4.98 Å². The van der Waals surface area contributed by atoms with Gasteiger partial charge in [0, 0.05) is 10.5 Å². The maximum absolute atomic E-state index is 11.7. The lowest BCUT2D eigenvalue weighted by atomic mass is 10.1. The van der Waals surface area contributed by atoms with Crippen LogP contribution in [0.3, 0.4) is 0 Å². The summed E-state index contributed by atoms with van der Waals surface area (Å²) in [6.07, 6.45) is 0. The second kappa shape index (κ2) is 5.43. The number of nitriles is 1. The van der Waals surface area contributed by atoms with Crippen molar-refractivity contribution in [3.63, 3.8) is 0 Å². The van der Waals surface area contributed by atoms with Crippen molar-refractivity contribution in [2.24, 2.45) is 0 Å². The van der Waals surface area contributed by atoms with Gasteiger partial charge in [0.05, 0.1) is 11.6 Å². The molecule has 0 N–H and O–H groups in total. The maximum Gasteiger partial charge on any atom is 0.261 e. The molecule has 5 heteroatoms. The molecule has 21 heavy (non-hydrogen) atoms. The summed E-state index contributed by atoms with van der Waals surface area (Å²) in [5.74, 6) is -0.0573. The first-order chi connectivity index (χ1) is 10.2. The van der Waals surface area contributed by atoms with Crippen molar-refractivity contribution < 1.29 is 9.21 Å². The minimum absolute atomic E-state index is 0.0573. The molecule has 0 saturated heterocycles. The highest BCUT2D eigenvalue weighted by Gasteiger charge is 2.13. The monoisotopic (exact) mass is 294 g/mol. The van der Waals surface area contributed by atoms with E-state index < -0.39 is 0 Å². The minimum Gasteiger partial charge on any atom is -0.431 e. The molecule has 3 rings (SSSR count). The van der Waals surface area contributed by atoms with Crippen molar-refractivity contribution in [3.8, 4) is 6.07 Å². The van der Waals surface area contributed by atoms with E-state index >= 15 is 0 Å². The van der Waals surface area contributed by atoms with Crippen molar-refractivity contribution in [3.05, 3.63) is 53.6 Å². The van der Waals surface area contributed by atoms with Gasteiger partial charge in [0.2, 0.25) is 0 Å². The summed E-state index contributed by atoms with van der Waals surface area (Å²) < 4.78 is 5.64. The average molecular weight is 294 g/mol. The van der Waals surface area contributed by atoms with Gasteiger partial charge in [-0.2, -0.15) is 5.26 Å². The summed E-state index contributed by atoms with van der Waals surface area (Å²) in [4.78, 5) is 16.7. The van der Waals surface area contributed by atoms with Crippen molar-refractivity contribution in [2.75, 3.05) is 0 Å². The number of nitrogens with zero attached hydrogens (tertiary/aromatic N) is 2. The van der Waals surface area contributed by atoms with Crippen LogP contribution in [-0.4, -0.2) is 10.8 Å². The molecule has 0 unspecified atom stereocenters. The standard InChI is InChI=1S/C16H10N2O2S/c1-10(19)12-7-6-11(9-17)8-15(12)21-16-18-13-4-2-3-5-14(13)20-16/h2-8H,1H3. The molecule has 0 saturated carbocycles. The molecule has 2 aromatic carbocycles. The Hall–Kier alpha value is -2.58. The summed E-state index contributed by atoms with van der Waals surface area (Å²) in [6, 6.07) is 14.5. The van der Waals surface area contributed by atoms with Gasteiger partial charge in [-0.05, 0) is 49.0 Å². The van der Waals surface area contributed by atoms with Crippen molar-refractivity contribution in [2.45, 2.75) is 17.0 Å². The Labute approximate surface area is 125 Å². The smallest absolute Gasteiger partial charge is 0.261 e. The van der Waals surface area contributed by atoms with Crippen LogP contribution in [0, 0.1) is 11.3 Å². The largest absolute Gasteiger partial charge is 0.431 e. The zero-order valence-electron chi connectivity index (χ0n) is 11.2. The fraction of sp³-hybridized carbons (Fsp3) is 0.0625. The van der Waals surface area contributed by atoms with Crippen LogP contribution >= 0.6 is 11.8 Å². The minimum atomic E-state index is -0.0573. The average Bonchev–Trinajstić information content (AvgIpc) is 2.89. The summed E-state index contributed by atoms with van der Waals surface area (Å²) in [6.45, 7) is 1.50. The molecule has 0 bridgehead atoms. The summed E-state index contributed by atoms with van der Waals surface area (Å²) in [5.41, 5.74) is 2.52. The van der Waals surface area contributed by atoms with Crippen LogP contribution in [0.2, 0.25) is 0 Å². The van der Waals surface area contributed by atoms with Gasteiger partial charge in [-0.15, -0.1) is 0 Å². The van der Waals surface area contributed by atoms with Crippen molar-refractivity contribution in [1.29, 1.82) is 5.26 Å². The van der Waals surface area contributed by atoms with E-state index in [-0.39, 0.29) is 5.78 Å². The molecule has 1 aromatic heterocycles. The molecular formula is C16H10N2O2S. The number of hydrogen-bond acceptors (Lipinski definition) is 5. The van der Waals surface area contributed by atoms with Crippen molar-refractivity contribution >= 4 is 28.6 Å². The number of Topliss-reactive ketones (excluding diaryl/α,β-unsaturated/α-hetero) is 1. The quantitative estimate of drug-likeness (QED) is 0.682. The van der Waals surface area contributed by atoms with Gasteiger partial charge >= 0.3 is 0 Å². The molecule has 0 aliphatic carbocycles. The van der Waals surface area contributed by atoms with E-state index in [1.807, 2.05) is 24.3 Å². The normalized spacial score (nSPS) is 10.5. The number of fused-ring (bicyclic) bond motifs is 1. The second-order valence-electron chi connectivity index (χ2n) is 4.43. The molecule has 0 amide bonds. The first kappa shape index (κ1) is 13.4. The third-order valence-corrected chi connectivity index (χ3v) is 3.87. The lowest BCUT2D eigenvalue weighted by Crippen LogP contribution is -1.95. The first-order valence-electron chi connectivity index (χ1n) is 6.26. The van der Waals surface area contributed by atoms with Crippen LogP contribution in [0.4, 0.5) is 0 Å². The van der Waals surface area contributed by atoms with E-state index in [0.29, 0.717) is 26.8 Å². The molecule has 0 spiro atoms. The van der Waals surface area contributed by atoms with Gasteiger partial charge in [-0.25, -0.2) is 4.98 Å². The summed E-state index contributed by atoms with van der Waals surface area (Å²) in [5, 5.41) is 9.44. The van der Waals surface area contributed by atoms with Crippen LogP contribution in [0.25, 0.3) is 11.1 Å². The Morgan fingerprint density at radius 3 is 2.81 bits per heavy atom. The summed E-state index contributed by atoms with van der Waals surface area (Å²) >= 11 is 1.25. The van der Waals surface area contributed by atoms with Gasteiger partial charge in [-0.3, -0.25) is 4.79 Å². The third-order valence-electron chi connectivity index (χ3n) is 2.96. The highest BCUT2D eigenvalue weighted by molar-refractivity contribution is 7.99. The Kier molecular flexibility index (Phi) is 3.46. The number of hydrogen-bond donors (Lipinski definition) is 0. The molecule has 0 aliphatic rings. The van der Waals surface area contributed by atoms with E-state index in [2.05, 4.69) is 11.1 Å². The topological polar surface area (TPSA) is 66.9 Å². The molecule has 0 aliphatic heterocycles.